The van der Waals surface area contributed by atoms with Crippen molar-refractivity contribution >= 4 is 9.84 Å². The first-order chi connectivity index (χ1) is 8.53. The van der Waals surface area contributed by atoms with E-state index in [-0.39, 0.29) is 24.8 Å². The smallest absolute Gasteiger partial charge is 0.154 e. The van der Waals surface area contributed by atoms with E-state index in [2.05, 4.69) is 0 Å². The second-order valence-corrected chi connectivity index (χ2v) is 7.27. The molecule has 2 rings (SSSR count). The predicted octanol–water partition coefficient (Wildman–Crippen LogP) is 0.525. The second kappa shape index (κ2) is 4.64. The molecular formula is C13H19NO3S. The van der Waals surface area contributed by atoms with Gasteiger partial charge in [-0.1, -0.05) is 37.3 Å². The molecule has 3 unspecified atom stereocenters. The molecule has 18 heavy (non-hydrogen) atoms. The van der Waals surface area contributed by atoms with Gasteiger partial charge >= 0.3 is 0 Å². The van der Waals surface area contributed by atoms with Crippen LogP contribution in [-0.2, 0) is 9.84 Å². The maximum absolute atomic E-state index is 12.1. The second-order valence-electron chi connectivity index (χ2n) is 4.86. The number of benzene rings is 1. The average Bonchev–Trinajstić information content (AvgIpc) is 3.10. The van der Waals surface area contributed by atoms with Crippen LogP contribution < -0.4 is 5.73 Å². The van der Waals surface area contributed by atoms with E-state index in [9.17, 15) is 13.5 Å². The highest BCUT2D eigenvalue weighted by atomic mass is 32.2. The Morgan fingerprint density at radius 3 is 2.39 bits per heavy atom. The van der Waals surface area contributed by atoms with Gasteiger partial charge in [0.1, 0.15) is 0 Å². The summed E-state index contributed by atoms with van der Waals surface area (Å²) in [6, 6.07) is 9.44. The SMILES string of the molecule is CCS(=O)(=O)C1C(c2ccccc2)C1(CN)CO. The monoisotopic (exact) mass is 269 g/mol. The van der Waals surface area contributed by atoms with E-state index in [0.29, 0.717) is 0 Å². The van der Waals surface area contributed by atoms with Crippen LogP contribution in [0.4, 0.5) is 0 Å². The molecule has 0 bridgehead atoms. The Kier molecular flexibility index (Phi) is 3.49. The summed E-state index contributed by atoms with van der Waals surface area (Å²) >= 11 is 0. The topological polar surface area (TPSA) is 80.4 Å². The standard InChI is InChI=1S/C13H19NO3S/c1-2-18(16,17)12-11(13(12,8-14)9-15)10-6-4-3-5-7-10/h3-7,11-12,15H,2,8-9,14H2,1H3. The minimum atomic E-state index is -3.19. The zero-order chi connectivity index (χ0) is 13.4. The van der Waals surface area contributed by atoms with Gasteiger partial charge in [-0.3, -0.25) is 0 Å². The predicted molar refractivity (Wildman–Crippen MR) is 71.0 cm³/mol. The van der Waals surface area contributed by atoms with E-state index in [1.807, 2.05) is 30.3 Å². The first kappa shape index (κ1) is 13.5. The Morgan fingerprint density at radius 2 is 1.94 bits per heavy atom. The summed E-state index contributed by atoms with van der Waals surface area (Å²) < 4.78 is 24.2. The number of nitrogens with two attached hydrogens (primary N) is 1. The van der Waals surface area contributed by atoms with Gasteiger partial charge in [-0.25, -0.2) is 8.42 Å². The van der Waals surface area contributed by atoms with Gasteiger partial charge in [0.2, 0.25) is 0 Å². The Bertz CT molecular complexity index is 508. The maximum Gasteiger partial charge on any atom is 0.154 e. The molecule has 1 aromatic carbocycles. The van der Waals surface area contributed by atoms with Gasteiger partial charge in [0, 0.05) is 23.6 Å². The molecule has 4 nitrogen and oxygen atoms in total. The molecule has 0 amide bonds. The fourth-order valence-corrected chi connectivity index (χ4v) is 5.02. The number of rotatable bonds is 5. The molecular weight excluding hydrogens is 250 g/mol. The summed E-state index contributed by atoms with van der Waals surface area (Å²) in [6.45, 7) is 1.63. The van der Waals surface area contributed by atoms with Gasteiger partial charge in [0.05, 0.1) is 11.9 Å². The quantitative estimate of drug-likeness (QED) is 0.817. The molecule has 3 N–H and O–H groups in total. The van der Waals surface area contributed by atoms with E-state index in [0.717, 1.165) is 5.56 Å². The fourth-order valence-electron chi connectivity index (χ4n) is 2.86. The van der Waals surface area contributed by atoms with Crippen molar-refractivity contribution in [1.29, 1.82) is 0 Å². The maximum atomic E-state index is 12.1. The molecule has 0 aromatic heterocycles. The molecule has 0 spiro atoms. The van der Waals surface area contributed by atoms with Crippen LogP contribution in [0, 0.1) is 5.41 Å². The molecule has 0 aliphatic heterocycles. The van der Waals surface area contributed by atoms with Gasteiger partial charge in [0.15, 0.2) is 9.84 Å². The van der Waals surface area contributed by atoms with Crippen molar-refractivity contribution in [2.45, 2.75) is 18.1 Å². The van der Waals surface area contributed by atoms with Crippen molar-refractivity contribution in [3.8, 4) is 0 Å². The molecule has 100 valence electrons. The van der Waals surface area contributed by atoms with E-state index < -0.39 is 20.5 Å². The Morgan fingerprint density at radius 1 is 1.33 bits per heavy atom. The van der Waals surface area contributed by atoms with Crippen LogP contribution >= 0.6 is 0 Å². The lowest BCUT2D eigenvalue weighted by atomic mass is 10.0. The van der Waals surface area contributed by atoms with Crippen molar-refractivity contribution < 1.29 is 13.5 Å². The van der Waals surface area contributed by atoms with Crippen molar-refractivity contribution in [3.05, 3.63) is 35.9 Å². The summed E-state index contributed by atoms with van der Waals surface area (Å²) in [5.74, 6) is -0.0957. The van der Waals surface area contributed by atoms with Crippen LogP contribution in [0.2, 0.25) is 0 Å². The van der Waals surface area contributed by atoms with Gasteiger partial charge in [-0.15, -0.1) is 0 Å². The molecule has 0 heterocycles. The summed E-state index contributed by atoms with van der Waals surface area (Å²) in [7, 11) is -3.19. The lowest BCUT2D eigenvalue weighted by Gasteiger charge is -2.11. The van der Waals surface area contributed by atoms with E-state index in [4.69, 9.17) is 5.73 Å². The highest BCUT2D eigenvalue weighted by Gasteiger charge is 2.69. The Hall–Kier alpha value is -0.910. The third-order valence-electron chi connectivity index (χ3n) is 4.00. The summed E-state index contributed by atoms with van der Waals surface area (Å²) in [5.41, 5.74) is 5.97. The molecule has 3 atom stereocenters. The molecule has 1 aliphatic rings. The number of hydrogen-bond donors (Lipinski definition) is 2. The van der Waals surface area contributed by atoms with Gasteiger partial charge in [0.25, 0.3) is 0 Å². The van der Waals surface area contributed by atoms with Crippen molar-refractivity contribution in [2.24, 2.45) is 11.1 Å². The highest BCUT2D eigenvalue weighted by Crippen LogP contribution is 2.62. The Labute approximate surface area is 108 Å². The molecule has 0 radical (unpaired) electrons. The molecule has 1 aromatic rings. The molecule has 1 aliphatic carbocycles. The minimum absolute atomic E-state index is 0.0861. The molecule has 5 heteroatoms. The van der Waals surface area contributed by atoms with Crippen LogP contribution in [0.1, 0.15) is 18.4 Å². The van der Waals surface area contributed by atoms with E-state index >= 15 is 0 Å². The number of aliphatic hydroxyl groups is 1. The zero-order valence-corrected chi connectivity index (χ0v) is 11.2. The lowest BCUT2D eigenvalue weighted by Crippen LogP contribution is -2.28. The van der Waals surface area contributed by atoms with Crippen molar-refractivity contribution in [3.63, 3.8) is 0 Å². The van der Waals surface area contributed by atoms with Gasteiger partial charge in [-0.05, 0) is 5.56 Å². The van der Waals surface area contributed by atoms with Crippen LogP contribution in [0.5, 0.6) is 0 Å². The van der Waals surface area contributed by atoms with Gasteiger partial charge < -0.3 is 10.8 Å². The Balaban J connectivity index is 2.42. The van der Waals surface area contributed by atoms with Crippen LogP contribution in [-0.4, -0.2) is 37.7 Å². The summed E-state index contributed by atoms with van der Waals surface area (Å²) in [4.78, 5) is 0. The van der Waals surface area contributed by atoms with Crippen LogP contribution in [0.3, 0.4) is 0 Å². The average molecular weight is 269 g/mol. The minimum Gasteiger partial charge on any atom is -0.396 e. The normalized spacial score (nSPS) is 31.3. The third-order valence-corrected chi connectivity index (χ3v) is 6.32. The number of hydrogen-bond acceptors (Lipinski definition) is 4. The molecule has 1 saturated carbocycles. The van der Waals surface area contributed by atoms with Crippen LogP contribution in [0.25, 0.3) is 0 Å². The lowest BCUT2D eigenvalue weighted by molar-refractivity contribution is 0.212. The molecule has 0 saturated heterocycles. The molecule has 1 fully saturated rings. The first-order valence-electron chi connectivity index (χ1n) is 6.11. The zero-order valence-electron chi connectivity index (χ0n) is 10.4. The highest BCUT2D eigenvalue weighted by molar-refractivity contribution is 7.92. The summed E-state index contributed by atoms with van der Waals surface area (Å²) in [6.07, 6.45) is 0. The van der Waals surface area contributed by atoms with Gasteiger partial charge in [-0.2, -0.15) is 0 Å². The first-order valence-corrected chi connectivity index (χ1v) is 7.82. The van der Waals surface area contributed by atoms with Crippen molar-refractivity contribution in [2.75, 3.05) is 18.9 Å². The largest absolute Gasteiger partial charge is 0.396 e. The fraction of sp³-hybridized carbons (Fsp3) is 0.538. The van der Waals surface area contributed by atoms with E-state index in [1.54, 1.807) is 6.92 Å². The summed E-state index contributed by atoms with van der Waals surface area (Å²) in [5, 5.41) is 9.02. The number of sulfone groups is 1. The third kappa shape index (κ3) is 1.86. The van der Waals surface area contributed by atoms with E-state index in [1.165, 1.54) is 0 Å². The van der Waals surface area contributed by atoms with Crippen molar-refractivity contribution in [1.82, 2.24) is 0 Å². The van der Waals surface area contributed by atoms with Crippen LogP contribution in [0.15, 0.2) is 30.3 Å². The number of aliphatic hydroxyl groups excluding tert-OH is 1.